The van der Waals surface area contributed by atoms with Crippen molar-refractivity contribution in [1.82, 2.24) is 14.0 Å². The molecule has 6 aromatic rings. The fourth-order valence-electron chi connectivity index (χ4n) is 8.27. The fraction of sp³-hybridized carbons (Fsp3) is 0.333. The molecule has 1 atom stereocenters. The predicted molar refractivity (Wildman–Crippen MR) is 227 cm³/mol. The summed E-state index contributed by atoms with van der Waals surface area (Å²) in [7, 11) is 5.96. The van der Waals surface area contributed by atoms with Crippen LogP contribution in [0.25, 0.3) is 32.9 Å². The highest BCUT2D eigenvalue weighted by Gasteiger charge is 2.37. The van der Waals surface area contributed by atoms with Crippen LogP contribution in [0.2, 0.25) is 10.0 Å². The first-order chi connectivity index (χ1) is 26.7. The molecule has 2 aromatic heterocycles. The van der Waals surface area contributed by atoms with Crippen molar-refractivity contribution in [2.45, 2.75) is 53.5 Å². The molecule has 0 bridgehead atoms. The van der Waals surface area contributed by atoms with Crippen LogP contribution < -0.4 is 14.4 Å². The minimum atomic E-state index is -0.995. The number of halogens is 2. The number of likely N-dealkylation sites (N-methyl/N-ethyl adjacent to an activating group) is 1. The Morgan fingerprint density at radius 1 is 0.875 bits per heavy atom. The number of hydrogen-bond acceptors (Lipinski definition) is 5. The molecule has 1 N–H and O–H groups in total. The van der Waals surface area contributed by atoms with Crippen LogP contribution in [0.5, 0.6) is 11.5 Å². The number of carboxylic acid groups (broad SMARTS) is 1. The summed E-state index contributed by atoms with van der Waals surface area (Å²) < 4.78 is 16.5. The van der Waals surface area contributed by atoms with E-state index in [-0.39, 0.29) is 17.5 Å². The maximum atomic E-state index is 15.1. The summed E-state index contributed by atoms with van der Waals surface area (Å²) >= 11 is 13.6. The molecule has 0 unspecified atom stereocenters. The molecule has 0 fully saturated rings. The first-order valence-corrected chi connectivity index (χ1v) is 19.7. The van der Waals surface area contributed by atoms with Crippen LogP contribution in [0.15, 0.2) is 60.7 Å². The van der Waals surface area contributed by atoms with Crippen LogP contribution in [0.1, 0.15) is 68.1 Å². The minimum absolute atomic E-state index is 0.122. The maximum absolute atomic E-state index is 15.1. The molecule has 0 aliphatic carbocycles. The van der Waals surface area contributed by atoms with E-state index in [0.29, 0.717) is 49.1 Å². The predicted octanol–water partition coefficient (Wildman–Crippen LogP) is 10.2. The highest BCUT2D eigenvalue weighted by molar-refractivity contribution is 6.35. The zero-order valence-corrected chi connectivity index (χ0v) is 34.7. The highest BCUT2D eigenvalue weighted by Crippen LogP contribution is 2.46. The lowest BCUT2D eigenvalue weighted by molar-refractivity contribution is 0.0696. The number of aromatic nitrogens is 2. The zero-order valence-electron chi connectivity index (χ0n) is 33.2. The molecule has 1 aliphatic rings. The number of carboxylic acids is 1. The van der Waals surface area contributed by atoms with Gasteiger partial charge in [-0.1, -0.05) is 29.3 Å². The molecule has 0 saturated carbocycles. The summed E-state index contributed by atoms with van der Waals surface area (Å²) in [6.07, 6.45) is 1.25. The van der Waals surface area contributed by atoms with Crippen molar-refractivity contribution in [3.8, 4) is 22.6 Å². The third-order valence-corrected chi connectivity index (χ3v) is 11.8. The second-order valence-corrected chi connectivity index (χ2v) is 16.1. The van der Waals surface area contributed by atoms with E-state index in [1.165, 1.54) is 0 Å². The smallest absolute Gasteiger partial charge is 0.335 e. The van der Waals surface area contributed by atoms with Gasteiger partial charge in [-0.05, 0) is 150 Å². The first-order valence-electron chi connectivity index (χ1n) is 18.9. The van der Waals surface area contributed by atoms with Gasteiger partial charge >= 0.3 is 5.97 Å². The molecule has 0 spiro atoms. The molecule has 9 nitrogen and oxygen atoms in total. The normalized spacial score (nSPS) is 14.3. The summed E-state index contributed by atoms with van der Waals surface area (Å²) in [5.74, 6) is 1.16. The van der Waals surface area contributed by atoms with Crippen molar-refractivity contribution in [3.63, 3.8) is 0 Å². The van der Waals surface area contributed by atoms with E-state index < -0.39 is 5.97 Å². The number of carbonyl (C=O) groups is 2. The zero-order chi connectivity index (χ0) is 40.2. The van der Waals surface area contributed by atoms with Crippen molar-refractivity contribution in [2.24, 2.45) is 7.05 Å². The van der Waals surface area contributed by atoms with Gasteiger partial charge in [0.05, 0.1) is 22.7 Å². The number of aromatic carboxylic acids is 1. The Kier molecular flexibility index (Phi) is 10.9. The topological polar surface area (TPSA) is 89.2 Å². The van der Waals surface area contributed by atoms with E-state index in [1.807, 2.05) is 74.8 Å². The van der Waals surface area contributed by atoms with Crippen molar-refractivity contribution in [3.05, 3.63) is 110 Å². The number of amides is 1. The Labute approximate surface area is 337 Å². The summed E-state index contributed by atoms with van der Waals surface area (Å²) in [5.41, 5.74) is 9.45. The molecule has 292 valence electrons. The van der Waals surface area contributed by atoms with Gasteiger partial charge < -0.3 is 28.6 Å². The van der Waals surface area contributed by atoms with Gasteiger partial charge in [-0.25, -0.2) is 4.79 Å². The van der Waals surface area contributed by atoms with Crippen LogP contribution in [0.4, 0.5) is 5.82 Å². The second-order valence-electron chi connectivity index (χ2n) is 15.3. The number of hydrogen-bond donors (Lipinski definition) is 1. The van der Waals surface area contributed by atoms with Gasteiger partial charge in [0, 0.05) is 53.1 Å². The SMILES string of the molecule is Cc1cc(OCCCc2c3n(c4c(-c5c(C)cc(OCCN(C)C)cc5C)c(Cl)ccc24)[C@H](C)CN(c2cc4cc(C(=O)O)ccc4n2C)C3=O)cc(C)c1Cl. The van der Waals surface area contributed by atoms with Crippen LogP contribution in [-0.4, -0.2) is 71.4 Å². The van der Waals surface area contributed by atoms with Crippen LogP contribution in [-0.2, 0) is 13.5 Å². The van der Waals surface area contributed by atoms with E-state index in [4.69, 9.17) is 32.7 Å². The standard InChI is InChI=1S/C45H48Cl2N4O5/c1-25-18-32(56-17-15-48(6)7)19-26(2)39(25)40-36(46)13-12-35-34(10-9-16-55-33-20-27(3)41(47)28(4)21-33)43-44(52)50(24-29(5)51(43)42(35)40)38-23-31-22-30(45(53)54)11-14-37(31)49(38)8/h11-14,18-23,29H,9-10,15-17,24H2,1-8H3,(H,53,54)/t29-/m1/s1. The average molecular weight is 796 g/mol. The molecule has 11 heteroatoms. The average Bonchev–Trinajstić information content (AvgIpc) is 3.65. The number of ether oxygens (including phenoxy) is 2. The summed E-state index contributed by atoms with van der Waals surface area (Å²) in [4.78, 5) is 30.8. The van der Waals surface area contributed by atoms with E-state index >= 15 is 4.79 Å². The number of benzene rings is 4. The number of rotatable bonds is 12. The third kappa shape index (κ3) is 7.12. The van der Waals surface area contributed by atoms with Crippen LogP contribution in [0.3, 0.4) is 0 Å². The van der Waals surface area contributed by atoms with Crippen molar-refractivity contribution in [1.29, 1.82) is 0 Å². The summed E-state index contributed by atoms with van der Waals surface area (Å²) in [6.45, 7) is 12.5. The van der Waals surface area contributed by atoms with Gasteiger partial charge in [-0.2, -0.15) is 0 Å². The van der Waals surface area contributed by atoms with Crippen LogP contribution in [0, 0.1) is 27.7 Å². The van der Waals surface area contributed by atoms with Gasteiger partial charge in [-0.3, -0.25) is 9.69 Å². The molecule has 4 aromatic carbocycles. The lowest BCUT2D eigenvalue weighted by atomic mass is 9.93. The van der Waals surface area contributed by atoms with Crippen molar-refractivity contribution in [2.75, 3.05) is 45.3 Å². The Balaban J connectivity index is 1.35. The first kappa shape index (κ1) is 39.3. The van der Waals surface area contributed by atoms with Gasteiger partial charge in [0.25, 0.3) is 5.91 Å². The number of fused-ring (bicyclic) bond motifs is 4. The van der Waals surface area contributed by atoms with E-state index in [9.17, 15) is 9.90 Å². The van der Waals surface area contributed by atoms with Crippen LogP contribution >= 0.6 is 23.2 Å². The van der Waals surface area contributed by atoms with Crippen molar-refractivity contribution < 1.29 is 24.2 Å². The Morgan fingerprint density at radius 3 is 2.16 bits per heavy atom. The molecule has 1 aliphatic heterocycles. The third-order valence-electron chi connectivity index (χ3n) is 10.9. The summed E-state index contributed by atoms with van der Waals surface area (Å²) in [6, 6.07) is 18.9. The van der Waals surface area contributed by atoms with Crippen molar-refractivity contribution >= 4 is 62.7 Å². The van der Waals surface area contributed by atoms with Gasteiger partial charge in [0.15, 0.2) is 0 Å². The number of carbonyl (C=O) groups excluding carboxylic acids is 1. The Morgan fingerprint density at radius 2 is 1.52 bits per heavy atom. The molecule has 1 amide bonds. The molecule has 0 radical (unpaired) electrons. The number of anilines is 1. The fourth-order valence-corrected chi connectivity index (χ4v) is 8.62. The molecule has 7 rings (SSSR count). The van der Waals surface area contributed by atoms with Gasteiger partial charge in [0.2, 0.25) is 0 Å². The Bertz CT molecular complexity index is 2490. The molecular weight excluding hydrogens is 747 g/mol. The number of nitrogens with zero attached hydrogens (tertiary/aromatic N) is 4. The molecule has 0 saturated heterocycles. The van der Waals surface area contributed by atoms with Gasteiger partial charge in [-0.15, -0.1) is 0 Å². The minimum Gasteiger partial charge on any atom is -0.494 e. The maximum Gasteiger partial charge on any atom is 0.335 e. The lowest BCUT2D eigenvalue weighted by Crippen LogP contribution is -2.43. The Hall–Kier alpha value is -4.96. The molecular formula is C45H48Cl2N4O5. The quantitative estimate of drug-likeness (QED) is 0.124. The van der Waals surface area contributed by atoms with Gasteiger partial charge in [0.1, 0.15) is 29.6 Å². The molecule has 3 heterocycles. The lowest BCUT2D eigenvalue weighted by Gasteiger charge is -2.34. The summed E-state index contributed by atoms with van der Waals surface area (Å²) in [5, 5.41) is 12.7. The highest BCUT2D eigenvalue weighted by atomic mass is 35.5. The largest absolute Gasteiger partial charge is 0.494 e. The monoisotopic (exact) mass is 794 g/mol. The number of aryl methyl sites for hydroxylation is 6. The second kappa shape index (κ2) is 15.5. The van der Waals surface area contributed by atoms with E-state index in [2.05, 4.69) is 42.4 Å². The molecule has 56 heavy (non-hydrogen) atoms. The van der Waals surface area contributed by atoms with E-state index in [0.717, 1.165) is 83.8 Å². The van der Waals surface area contributed by atoms with E-state index in [1.54, 1.807) is 18.2 Å².